The van der Waals surface area contributed by atoms with E-state index in [1.54, 1.807) is 12.1 Å². The summed E-state index contributed by atoms with van der Waals surface area (Å²) < 4.78 is 5.11. The molecule has 0 spiro atoms. The van der Waals surface area contributed by atoms with E-state index in [1.165, 1.54) is 31.2 Å². The van der Waals surface area contributed by atoms with Crippen LogP contribution in [-0.2, 0) is 4.79 Å². The summed E-state index contributed by atoms with van der Waals surface area (Å²) in [4.78, 5) is 48.9. The van der Waals surface area contributed by atoms with Crippen molar-refractivity contribution in [2.45, 2.75) is 13.0 Å². The van der Waals surface area contributed by atoms with Crippen LogP contribution in [0.25, 0.3) is 0 Å². The molecule has 1 heterocycles. The molecule has 0 bridgehead atoms. The molecule has 0 fully saturated rings. The monoisotopic (exact) mass is 394 g/mol. The van der Waals surface area contributed by atoms with Crippen LogP contribution in [0.4, 0.5) is 11.4 Å². The normalized spacial score (nSPS) is 13.4. The van der Waals surface area contributed by atoms with Gasteiger partial charge in [0.05, 0.1) is 10.5 Å². The number of nitrogens with zero attached hydrogens (tertiary/aromatic N) is 3. The molecule has 2 aromatic carbocycles. The van der Waals surface area contributed by atoms with Crippen molar-refractivity contribution in [3.63, 3.8) is 0 Å². The second-order valence-corrected chi connectivity index (χ2v) is 6.07. The lowest BCUT2D eigenvalue weighted by atomic mass is 10.1. The smallest absolute Gasteiger partial charge is 0.282 e. The number of nitrogens with one attached hydrogen (secondary N) is 1. The number of imide groups is 1. The van der Waals surface area contributed by atoms with E-state index in [-0.39, 0.29) is 17.7 Å². The first-order chi connectivity index (χ1) is 13.8. The summed E-state index contributed by atoms with van der Waals surface area (Å²) in [6.45, 7) is 1.24. The van der Waals surface area contributed by atoms with Gasteiger partial charge in [0.2, 0.25) is 5.91 Å². The van der Waals surface area contributed by atoms with Gasteiger partial charge in [-0.2, -0.15) is 5.26 Å². The van der Waals surface area contributed by atoms with Gasteiger partial charge in [-0.15, -0.1) is 0 Å². The molecule has 0 aromatic heterocycles. The summed E-state index contributed by atoms with van der Waals surface area (Å²) in [5, 5.41) is 22.2. The zero-order valence-electron chi connectivity index (χ0n) is 15.1. The Morgan fingerprint density at radius 3 is 2.55 bits per heavy atom. The number of carbonyl (C=O) groups is 3. The van der Waals surface area contributed by atoms with E-state index in [0.717, 1.165) is 6.07 Å². The van der Waals surface area contributed by atoms with Gasteiger partial charge in [-0.3, -0.25) is 29.4 Å². The highest BCUT2D eigenvalue weighted by molar-refractivity contribution is 6.24. The van der Waals surface area contributed by atoms with Gasteiger partial charge >= 0.3 is 0 Å². The van der Waals surface area contributed by atoms with Crippen LogP contribution >= 0.6 is 0 Å². The first-order valence-electron chi connectivity index (χ1n) is 8.41. The summed E-state index contributed by atoms with van der Waals surface area (Å²) in [5.74, 6) is -1.87. The summed E-state index contributed by atoms with van der Waals surface area (Å²) in [5.41, 5.74) is -0.526. The summed E-state index contributed by atoms with van der Waals surface area (Å²) >= 11 is 0. The molecule has 3 amide bonds. The quantitative estimate of drug-likeness (QED) is 0.449. The van der Waals surface area contributed by atoms with Gasteiger partial charge in [0, 0.05) is 11.8 Å². The minimum atomic E-state index is -1.20. The van der Waals surface area contributed by atoms with Crippen molar-refractivity contribution in [1.29, 1.82) is 5.26 Å². The Morgan fingerprint density at radius 1 is 1.24 bits per heavy atom. The van der Waals surface area contributed by atoms with Crippen molar-refractivity contribution in [3.05, 3.63) is 63.7 Å². The third-order valence-electron chi connectivity index (χ3n) is 4.31. The third-order valence-corrected chi connectivity index (χ3v) is 4.31. The Bertz CT molecular complexity index is 1060. The number of nitro benzene ring substituents is 1. The molecule has 0 aliphatic carbocycles. The van der Waals surface area contributed by atoms with Gasteiger partial charge in [-0.1, -0.05) is 6.07 Å². The first-order valence-corrected chi connectivity index (χ1v) is 8.41. The Hall–Kier alpha value is -4.26. The topological polar surface area (TPSA) is 143 Å². The Labute approximate surface area is 164 Å². The molecule has 1 aliphatic rings. The molecular weight excluding hydrogens is 380 g/mol. The largest absolute Gasteiger partial charge is 0.479 e. The highest BCUT2D eigenvalue weighted by Crippen LogP contribution is 2.32. The average molecular weight is 394 g/mol. The maximum atomic E-state index is 12.7. The van der Waals surface area contributed by atoms with E-state index in [2.05, 4.69) is 5.32 Å². The molecule has 0 radical (unpaired) electrons. The molecule has 1 atom stereocenters. The third kappa shape index (κ3) is 3.61. The van der Waals surface area contributed by atoms with Crippen molar-refractivity contribution in [1.82, 2.24) is 4.90 Å². The van der Waals surface area contributed by atoms with E-state index < -0.39 is 34.4 Å². The molecule has 1 aliphatic heterocycles. The van der Waals surface area contributed by atoms with Crippen LogP contribution < -0.4 is 10.1 Å². The van der Waals surface area contributed by atoms with Crippen LogP contribution in [0.5, 0.6) is 5.75 Å². The van der Waals surface area contributed by atoms with Crippen LogP contribution in [0.2, 0.25) is 0 Å². The number of fused-ring (bicyclic) bond motifs is 1. The lowest BCUT2D eigenvalue weighted by Crippen LogP contribution is -2.45. The molecule has 0 unspecified atom stereocenters. The predicted molar refractivity (Wildman–Crippen MR) is 99.2 cm³/mol. The van der Waals surface area contributed by atoms with Crippen molar-refractivity contribution >= 4 is 29.1 Å². The van der Waals surface area contributed by atoms with Crippen LogP contribution in [0, 0.1) is 21.4 Å². The highest BCUT2D eigenvalue weighted by Gasteiger charge is 2.44. The number of nitriles is 1. The van der Waals surface area contributed by atoms with Crippen LogP contribution in [0.1, 0.15) is 27.6 Å². The number of hydrogen-bond acceptors (Lipinski definition) is 7. The number of benzene rings is 2. The molecule has 0 saturated carbocycles. The van der Waals surface area contributed by atoms with Gasteiger partial charge in [-0.25, -0.2) is 0 Å². The lowest BCUT2D eigenvalue weighted by molar-refractivity contribution is -0.385. The van der Waals surface area contributed by atoms with E-state index in [9.17, 15) is 24.5 Å². The number of carbonyl (C=O) groups excluding carboxylic acids is 3. The van der Waals surface area contributed by atoms with Gasteiger partial charge in [0.1, 0.15) is 23.4 Å². The Kier molecular flexibility index (Phi) is 5.23. The van der Waals surface area contributed by atoms with Crippen molar-refractivity contribution in [2.75, 3.05) is 11.9 Å². The maximum Gasteiger partial charge on any atom is 0.282 e. The molecule has 1 N–H and O–H groups in total. The van der Waals surface area contributed by atoms with Crippen molar-refractivity contribution in [2.24, 2.45) is 0 Å². The minimum Gasteiger partial charge on any atom is -0.479 e. The fourth-order valence-corrected chi connectivity index (χ4v) is 2.90. The van der Waals surface area contributed by atoms with Crippen LogP contribution in [0.3, 0.4) is 0 Å². The number of amides is 3. The summed E-state index contributed by atoms with van der Waals surface area (Å²) in [6, 6.07) is 10.5. The number of anilines is 1. The molecule has 3 rings (SSSR count). The molecule has 146 valence electrons. The van der Waals surface area contributed by atoms with E-state index in [0.29, 0.717) is 16.3 Å². The molecule has 0 saturated heterocycles. The second-order valence-electron chi connectivity index (χ2n) is 6.07. The molecule has 10 nitrogen and oxygen atoms in total. The zero-order valence-corrected chi connectivity index (χ0v) is 15.1. The predicted octanol–water partition coefficient (Wildman–Crippen LogP) is 2.12. The van der Waals surface area contributed by atoms with Crippen molar-refractivity contribution < 1.29 is 24.0 Å². The van der Waals surface area contributed by atoms with E-state index >= 15 is 0 Å². The highest BCUT2D eigenvalue weighted by atomic mass is 16.6. The Balaban J connectivity index is 1.77. The first kappa shape index (κ1) is 19.5. The number of hydrogen-bond donors (Lipinski definition) is 1. The standard InChI is InChI=1S/C19H14N4O6/c1-11(17(24)21-12-5-7-13(8-6-12)29-10-9-20)22-18(25)14-3-2-4-15(23(27)28)16(14)19(22)26/h2-8,11H,10H2,1H3,(H,21,24)/t11-/m0/s1. The molecular formula is C19H14N4O6. The summed E-state index contributed by atoms with van der Waals surface area (Å²) in [7, 11) is 0. The van der Waals surface area contributed by atoms with E-state index in [4.69, 9.17) is 10.00 Å². The SMILES string of the molecule is C[C@@H](C(=O)Nc1ccc(OCC#N)cc1)N1C(=O)c2cccc([N+](=O)[O-])c2C1=O. The Morgan fingerprint density at radius 2 is 1.93 bits per heavy atom. The zero-order chi connectivity index (χ0) is 21.1. The number of nitro groups is 1. The average Bonchev–Trinajstić information content (AvgIpc) is 2.97. The van der Waals surface area contributed by atoms with Crippen molar-refractivity contribution in [3.8, 4) is 11.8 Å². The van der Waals surface area contributed by atoms with Crippen LogP contribution in [0.15, 0.2) is 42.5 Å². The number of rotatable bonds is 6. The molecule has 2 aromatic rings. The van der Waals surface area contributed by atoms with Gasteiger partial charge in [0.25, 0.3) is 17.5 Å². The van der Waals surface area contributed by atoms with E-state index in [1.807, 2.05) is 6.07 Å². The number of ether oxygens (including phenoxy) is 1. The fraction of sp³-hybridized carbons (Fsp3) is 0.158. The fourth-order valence-electron chi connectivity index (χ4n) is 2.90. The second kappa shape index (κ2) is 7.77. The maximum absolute atomic E-state index is 12.7. The van der Waals surface area contributed by atoms with Gasteiger partial charge in [0.15, 0.2) is 6.61 Å². The lowest BCUT2D eigenvalue weighted by Gasteiger charge is -2.21. The minimum absolute atomic E-state index is 0.108. The molecule has 10 heteroatoms. The summed E-state index contributed by atoms with van der Waals surface area (Å²) in [6.07, 6.45) is 0. The van der Waals surface area contributed by atoms with Gasteiger partial charge < -0.3 is 10.1 Å². The molecule has 29 heavy (non-hydrogen) atoms. The van der Waals surface area contributed by atoms with Crippen LogP contribution in [-0.4, -0.2) is 40.2 Å². The van der Waals surface area contributed by atoms with Gasteiger partial charge in [-0.05, 0) is 37.3 Å².